The Kier molecular flexibility index (Phi) is 3.68. The summed E-state index contributed by atoms with van der Waals surface area (Å²) >= 11 is 0. The molecule has 0 saturated carbocycles. The first-order valence-corrected chi connectivity index (χ1v) is 4.73. The summed E-state index contributed by atoms with van der Waals surface area (Å²) in [6.07, 6.45) is 0.609. The fourth-order valence-corrected chi connectivity index (χ4v) is 1.55. The van der Waals surface area contributed by atoms with Gasteiger partial charge < -0.3 is 10.2 Å². The molecule has 0 aliphatic carbocycles. The number of rotatable bonds is 5. The van der Waals surface area contributed by atoms with Crippen LogP contribution >= 0.6 is 0 Å². The third-order valence-corrected chi connectivity index (χ3v) is 3.58. The highest BCUT2D eigenvalue weighted by atomic mass is 16.4. The molecule has 0 saturated heterocycles. The van der Waals surface area contributed by atoms with Crippen LogP contribution in [-0.4, -0.2) is 22.2 Å². The third-order valence-electron chi connectivity index (χ3n) is 3.58. The highest BCUT2D eigenvalue weighted by Gasteiger charge is 2.53. The molecule has 0 aliphatic heterocycles. The zero-order valence-corrected chi connectivity index (χ0v) is 9.13. The summed E-state index contributed by atoms with van der Waals surface area (Å²) < 4.78 is 0. The van der Waals surface area contributed by atoms with Crippen LogP contribution in [0.25, 0.3) is 0 Å². The van der Waals surface area contributed by atoms with Crippen molar-refractivity contribution in [2.24, 2.45) is 10.8 Å². The molecule has 4 nitrogen and oxygen atoms in total. The lowest BCUT2D eigenvalue weighted by Crippen LogP contribution is -2.48. The molecular weight excluding hydrogens is 184 g/mol. The topological polar surface area (TPSA) is 74.6 Å². The minimum atomic E-state index is -1.21. The summed E-state index contributed by atoms with van der Waals surface area (Å²) in [5, 5.41) is 18.2. The number of carboxylic acid groups (broad SMARTS) is 2. The van der Waals surface area contributed by atoms with Crippen molar-refractivity contribution in [2.45, 2.75) is 40.5 Å². The van der Waals surface area contributed by atoms with Gasteiger partial charge >= 0.3 is 11.9 Å². The summed E-state index contributed by atoms with van der Waals surface area (Å²) in [6.45, 7) is 6.38. The molecule has 82 valence electrons. The zero-order valence-electron chi connectivity index (χ0n) is 9.13. The summed E-state index contributed by atoms with van der Waals surface area (Å²) in [4.78, 5) is 22.2. The molecule has 0 spiro atoms. The molecule has 0 radical (unpaired) electrons. The van der Waals surface area contributed by atoms with Crippen molar-refractivity contribution < 1.29 is 19.8 Å². The molecule has 0 aromatic heterocycles. The van der Waals surface area contributed by atoms with Crippen LogP contribution in [0.3, 0.4) is 0 Å². The van der Waals surface area contributed by atoms with E-state index in [1.54, 1.807) is 13.8 Å². The Morgan fingerprint density at radius 1 is 0.929 bits per heavy atom. The summed E-state index contributed by atoms with van der Waals surface area (Å²) in [5.74, 6) is -2.10. The second-order valence-corrected chi connectivity index (χ2v) is 3.98. The number of hydrogen-bond acceptors (Lipinski definition) is 2. The Balaban J connectivity index is 5.37. The van der Waals surface area contributed by atoms with Crippen molar-refractivity contribution in [1.82, 2.24) is 0 Å². The largest absolute Gasteiger partial charge is 0.481 e. The highest BCUT2D eigenvalue weighted by Crippen LogP contribution is 2.44. The van der Waals surface area contributed by atoms with E-state index in [0.29, 0.717) is 12.8 Å². The Hall–Kier alpha value is -1.06. The van der Waals surface area contributed by atoms with Crippen molar-refractivity contribution in [3.8, 4) is 0 Å². The van der Waals surface area contributed by atoms with Gasteiger partial charge in [0.25, 0.3) is 0 Å². The molecule has 0 amide bonds. The van der Waals surface area contributed by atoms with E-state index in [2.05, 4.69) is 0 Å². The quantitative estimate of drug-likeness (QED) is 0.714. The molecule has 0 bridgehead atoms. The molecule has 0 aromatic carbocycles. The van der Waals surface area contributed by atoms with Gasteiger partial charge in [0.05, 0.1) is 10.8 Å². The molecule has 0 fully saturated rings. The van der Waals surface area contributed by atoms with Crippen LogP contribution < -0.4 is 0 Å². The Labute approximate surface area is 83.9 Å². The van der Waals surface area contributed by atoms with Crippen LogP contribution in [0.4, 0.5) is 0 Å². The Morgan fingerprint density at radius 2 is 1.14 bits per heavy atom. The van der Waals surface area contributed by atoms with Gasteiger partial charge in [-0.05, 0) is 26.7 Å². The maximum Gasteiger partial charge on any atom is 0.310 e. The van der Waals surface area contributed by atoms with E-state index in [4.69, 9.17) is 10.2 Å². The molecular formula is C10H18O4. The highest BCUT2D eigenvalue weighted by molar-refractivity contribution is 5.85. The molecule has 0 aliphatic rings. The standard InChI is InChI=1S/C10H18O4/c1-5-9(3,7(11)12)10(4,6-2)8(13)14/h5-6H2,1-4H3,(H,11,12)(H,13,14). The normalized spacial score (nSPS) is 19.4. The second kappa shape index (κ2) is 3.98. The minimum Gasteiger partial charge on any atom is -0.481 e. The van der Waals surface area contributed by atoms with E-state index in [-0.39, 0.29) is 0 Å². The third kappa shape index (κ3) is 1.61. The molecule has 2 N–H and O–H groups in total. The minimum absolute atomic E-state index is 0.305. The molecule has 2 atom stereocenters. The Morgan fingerprint density at radius 3 is 1.21 bits per heavy atom. The molecule has 14 heavy (non-hydrogen) atoms. The van der Waals surface area contributed by atoms with E-state index in [0.717, 1.165) is 0 Å². The van der Waals surface area contributed by atoms with Gasteiger partial charge in [-0.3, -0.25) is 9.59 Å². The predicted molar refractivity (Wildman–Crippen MR) is 52.1 cm³/mol. The molecule has 0 rings (SSSR count). The fraction of sp³-hybridized carbons (Fsp3) is 0.800. The van der Waals surface area contributed by atoms with Gasteiger partial charge in [0, 0.05) is 0 Å². The van der Waals surface area contributed by atoms with Crippen LogP contribution in [0.15, 0.2) is 0 Å². The molecule has 2 unspecified atom stereocenters. The van der Waals surface area contributed by atoms with Crippen molar-refractivity contribution in [1.29, 1.82) is 0 Å². The average Bonchev–Trinajstić information content (AvgIpc) is 2.14. The molecule has 4 heteroatoms. The summed E-state index contributed by atoms with van der Waals surface area (Å²) in [6, 6.07) is 0. The first-order chi connectivity index (χ1) is 6.26. The van der Waals surface area contributed by atoms with Crippen LogP contribution in [-0.2, 0) is 9.59 Å². The average molecular weight is 202 g/mol. The maximum atomic E-state index is 11.1. The number of hydrogen-bond donors (Lipinski definition) is 2. The van der Waals surface area contributed by atoms with Crippen LogP contribution in [0.1, 0.15) is 40.5 Å². The Bertz CT molecular complexity index is 223. The van der Waals surface area contributed by atoms with E-state index >= 15 is 0 Å². The second-order valence-electron chi connectivity index (χ2n) is 3.98. The van der Waals surface area contributed by atoms with Gasteiger partial charge in [-0.2, -0.15) is 0 Å². The lowest BCUT2D eigenvalue weighted by molar-refractivity contribution is -0.172. The first-order valence-electron chi connectivity index (χ1n) is 4.73. The van der Waals surface area contributed by atoms with Crippen LogP contribution in [0.5, 0.6) is 0 Å². The van der Waals surface area contributed by atoms with Crippen molar-refractivity contribution in [3.05, 3.63) is 0 Å². The van der Waals surface area contributed by atoms with E-state index < -0.39 is 22.8 Å². The van der Waals surface area contributed by atoms with Crippen LogP contribution in [0, 0.1) is 10.8 Å². The van der Waals surface area contributed by atoms with Crippen molar-refractivity contribution in [2.75, 3.05) is 0 Å². The van der Waals surface area contributed by atoms with E-state index in [1.807, 2.05) is 0 Å². The summed E-state index contributed by atoms with van der Waals surface area (Å²) in [5.41, 5.74) is -2.43. The zero-order chi connectivity index (χ0) is 11.6. The number of carbonyl (C=O) groups is 2. The lowest BCUT2D eigenvalue weighted by Gasteiger charge is -2.38. The smallest absolute Gasteiger partial charge is 0.310 e. The van der Waals surface area contributed by atoms with Crippen LogP contribution in [0.2, 0.25) is 0 Å². The monoisotopic (exact) mass is 202 g/mol. The van der Waals surface area contributed by atoms with Crippen molar-refractivity contribution >= 4 is 11.9 Å². The van der Waals surface area contributed by atoms with Gasteiger partial charge in [-0.15, -0.1) is 0 Å². The van der Waals surface area contributed by atoms with Gasteiger partial charge in [-0.1, -0.05) is 13.8 Å². The predicted octanol–water partition coefficient (Wildman–Crippen LogP) is 1.99. The van der Waals surface area contributed by atoms with Crippen molar-refractivity contribution in [3.63, 3.8) is 0 Å². The number of carboxylic acids is 2. The summed E-state index contributed by atoms with van der Waals surface area (Å²) in [7, 11) is 0. The fourth-order valence-electron chi connectivity index (χ4n) is 1.55. The maximum absolute atomic E-state index is 11.1. The molecule has 0 aromatic rings. The van der Waals surface area contributed by atoms with Gasteiger partial charge in [0.1, 0.15) is 0 Å². The van der Waals surface area contributed by atoms with Gasteiger partial charge in [0.2, 0.25) is 0 Å². The number of aliphatic carboxylic acids is 2. The van der Waals surface area contributed by atoms with Gasteiger partial charge in [0.15, 0.2) is 0 Å². The first kappa shape index (κ1) is 12.9. The molecule has 0 heterocycles. The lowest BCUT2D eigenvalue weighted by atomic mass is 9.62. The van der Waals surface area contributed by atoms with Gasteiger partial charge in [-0.25, -0.2) is 0 Å². The SMILES string of the molecule is CCC(C)(C(=O)O)C(C)(CC)C(=O)O. The van der Waals surface area contributed by atoms with E-state index in [9.17, 15) is 9.59 Å². The van der Waals surface area contributed by atoms with E-state index in [1.165, 1.54) is 13.8 Å².